The quantitative estimate of drug-likeness (QED) is 0.118. The summed E-state index contributed by atoms with van der Waals surface area (Å²) in [5, 5.41) is 12.3. The van der Waals surface area contributed by atoms with Crippen LogP contribution < -0.4 is 0 Å². The van der Waals surface area contributed by atoms with E-state index in [1.54, 1.807) is 0 Å². The van der Waals surface area contributed by atoms with Crippen LogP contribution in [0.1, 0.15) is 0 Å². The lowest BCUT2D eigenvalue weighted by atomic mass is 9.83. The third-order valence-electron chi connectivity index (χ3n) is 14.4. The lowest BCUT2D eigenvalue weighted by Gasteiger charge is -2.19. The molecule has 0 spiro atoms. The Labute approximate surface area is 411 Å². The van der Waals surface area contributed by atoms with Crippen LogP contribution in [-0.2, 0) is 0 Å². The summed E-state index contributed by atoms with van der Waals surface area (Å²) in [6, 6.07) is 94.2. The summed E-state index contributed by atoms with van der Waals surface area (Å²) in [5.41, 5.74) is 15.4. The van der Waals surface area contributed by atoms with Gasteiger partial charge in [0.25, 0.3) is 0 Å². The Morgan fingerprint density at radius 1 is 0.268 bits per heavy atom. The zero-order valence-corrected chi connectivity index (χ0v) is 38.7. The van der Waals surface area contributed by atoms with Crippen molar-refractivity contribution in [2.75, 3.05) is 0 Å². The van der Waals surface area contributed by atoms with Gasteiger partial charge in [0.05, 0.1) is 28.1 Å². The first-order valence-corrected chi connectivity index (χ1v) is 24.3. The number of rotatable bonds is 7. The highest BCUT2D eigenvalue weighted by Crippen LogP contribution is 2.47. The van der Waals surface area contributed by atoms with E-state index in [2.05, 4.69) is 259 Å². The molecule has 0 aliphatic heterocycles. The van der Waals surface area contributed by atoms with Crippen molar-refractivity contribution in [1.29, 1.82) is 0 Å². The van der Waals surface area contributed by atoms with Gasteiger partial charge in [-0.05, 0) is 101 Å². The molecule has 0 radical (unpaired) electrons. The van der Waals surface area contributed by atoms with Gasteiger partial charge in [-0.3, -0.25) is 0 Å². The molecule has 330 valence electrons. The molecule has 71 heavy (non-hydrogen) atoms. The fourth-order valence-electron chi connectivity index (χ4n) is 11.3. The average Bonchev–Trinajstić information content (AvgIpc) is 3.79. The van der Waals surface area contributed by atoms with Gasteiger partial charge in [0.2, 0.25) is 0 Å². The smallest absolute Gasteiger partial charge is 0.160 e. The number of aromatic nitrogens is 3. The number of para-hydroxylation sites is 3. The molecule has 0 saturated carbocycles. The minimum Gasteiger partial charge on any atom is -0.309 e. The zero-order valence-electron chi connectivity index (χ0n) is 38.7. The van der Waals surface area contributed by atoms with Crippen molar-refractivity contribution < 1.29 is 0 Å². The molecule has 0 atom stereocenters. The van der Waals surface area contributed by atoms with Crippen molar-refractivity contribution in [3.63, 3.8) is 0 Å². The van der Waals surface area contributed by atoms with E-state index in [1.807, 2.05) is 6.07 Å². The second-order valence-corrected chi connectivity index (χ2v) is 18.4. The molecule has 0 unspecified atom stereocenters. The van der Waals surface area contributed by atoms with Crippen molar-refractivity contribution >= 4 is 64.9 Å². The maximum absolute atomic E-state index is 5.37. The lowest BCUT2D eigenvalue weighted by molar-refractivity contribution is 1.15. The van der Waals surface area contributed by atoms with Crippen LogP contribution in [0.25, 0.3) is 138 Å². The zero-order chi connectivity index (χ0) is 46.8. The minimum atomic E-state index is 0.684. The topological polar surface area (TPSA) is 30.7 Å². The third-order valence-corrected chi connectivity index (χ3v) is 14.4. The number of fused-ring (bicyclic) bond motifs is 8. The van der Waals surface area contributed by atoms with Crippen molar-refractivity contribution in [1.82, 2.24) is 14.5 Å². The molecular weight excluding hydrogens is 859 g/mol. The molecule has 0 amide bonds. The van der Waals surface area contributed by atoms with E-state index in [0.29, 0.717) is 5.82 Å². The fourth-order valence-corrected chi connectivity index (χ4v) is 11.3. The van der Waals surface area contributed by atoms with Crippen LogP contribution in [0.5, 0.6) is 0 Å². The molecule has 14 rings (SSSR count). The van der Waals surface area contributed by atoms with Crippen LogP contribution in [0.15, 0.2) is 261 Å². The summed E-state index contributed by atoms with van der Waals surface area (Å²) >= 11 is 0. The van der Waals surface area contributed by atoms with Gasteiger partial charge in [-0.15, -0.1) is 0 Å². The molecule has 3 heteroatoms. The van der Waals surface area contributed by atoms with Gasteiger partial charge in [0.15, 0.2) is 5.82 Å². The van der Waals surface area contributed by atoms with Gasteiger partial charge in [-0.25, -0.2) is 9.97 Å². The molecule has 0 fully saturated rings. The largest absolute Gasteiger partial charge is 0.309 e. The number of hydrogen-bond acceptors (Lipinski definition) is 2. The van der Waals surface area contributed by atoms with Crippen LogP contribution in [0.2, 0.25) is 0 Å². The first-order valence-electron chi connectivity index (χ1n) is 24.3. The molecule has 3 nitrogen and oxygen atoms in total. The van der Waals surface area contributed by atoms with Gasteiger partial charge in [-0.2, -0.15) is 0 Å². The van der Waals surface area contributed by atoms with E-state index in [0.717, 1.165) is 55.7 Å². The van der Waals surface area contributed by atoms with E-state index in [9.17, 15) is 0 Å². The van der Waals surface area contributed by atoms with Crippen LogP contribution in [0, 0.1) is 0 Å². The average molecular weight is 902 g/mol. The van der Waals surface area contributed by atoms with Gasteiger partial charge in [-0.1, -0.05) is 237 Å². The van der Waals surface area contributed by atoms with Crippen molar-refractivity contribution in [2.24, 2.45) is 0 Å². The number of nitrogens with zero attached hydrogens (tertiary/aromatic N) is 3. The normalized spacial score (nSPS) is 11.7. The van der Waals surface area contributed by atoms with Gasteiger partial charge >= 0.3 is 0 Å². The predicted molar refractivity (Wildman–Crippen MR) is 299 cm³/mol. The SMILES string of the molecule is c1ccc(-c2nc(-c3ccccc3-n3c4ccccc4c4ccccc43)cc(-c3ccc(-c4ccc(-c5c6ccccc6c(-c6ccccc6)c6c5ccc5ccccc56)cc4)c4ccccc34)n2)cc1. The molecule has 0 bridgehead atoms. The van der Waals surface area contributed by atoms with Crippen LogP contribution in [0.3, 0.4) is 0 Å². The standard InChI is InChI=1S/C68H43N3/c1-3-20-46(21-4-1)66-57-30-12-11-29-56(57)65(59-40-39-44-19-7-8-24-50(44)67(59)66)47-37-35-45(36-38-47)49-41-42-53(52-26-10-9-25-51(49)52)60-43-61(70-68(69-60)48-22-5-2-6-23-48)58-31-15-18-34-64(58)71-62-32-16-13-27-54(62)55-28-14-17-33-63(55)71/h1-43H. The lowest BCUT2D eigenvalue weighted by Crippen LogP contribution is -2.01. The molecule has 0 aliphatic rings. The fraction of sp³-hybridized carbons (Fsp3) is 0. The molecule has 14 aromatic rings. The highest BCUT2D eigenvalue weighted by molar-refractivity contribution is 6.28. The van der Waals surface area contributed by atoms with E-state index in [1.165, 1.54) is 76.3 Å². The predicted octanol–water partition coefficient (Wildman–Crippen LogP) is 18.2. The molecular formula is C68H43N3. The first-order chi connectivity index (χ1) is 35.2. The maximum Gasteiger partial charge on any atom is 0.160 e. The molecule has 0 aliphatic carbocycles. The Morgan fingerprint density at radius 2 is 0.746 bits per heavy atom. The van der Waals surface area contributed by atoms with E-state index < -0.39 is 0 Å². The number of hydrogen-bond donors (Lipinski definition) is 0. The van der Waals surface area contributed by atoms with Crippen molar-refractivity contribution in [3.05, 3.63) is 261 Å². The first kappa shape index (κ1) is 40.6. The van der Waals surface area contributed by atoms with E-state index >= 15 is 0 Å². The Balaban J connectivity index is 0.921. The van der Waals surface area contributed by atoms with Crippen LogP contribution >= 0.6 is 0 Å². The molecule has 0 saturated heterocycles. The van der Waals surface area contributed by atoms with E-state index in [-0.39, 0.29) is 0 Å². The summed E-state index contributed by atoms with van der Waals surface area (Å²) in [4.78, 5) is 10.7. The van der Waals surface area contributed by atoms with Crippen molar-refractivity contribution in [2.45, 2.75) is 0 Å². The highest BCUT2D eigenvalue weighted by atomic mass is 15.0. The Kier molecular flexibility index (Phi) is 9.53. The van der Waals surface area contributed by atoms with E-state index in [4.69, 9.17) is 9.97 Å². The van der Waals surface area contributed by atoms with Crippen LogP contribution in [-0.4, -0.2) is 14.5 Å². The summed E-state index contributed by atoms with van der Waals surface area (Å²) in [5.74, 6) is 0.684. The monoisotopic (exact) mass is 901 g/mol. The Morgan fingerprint density at radius 3 is 1.44 bits per heavy atom. The Bertz CT molecular complexity index is 4330. The molecule has 2 heterocycles. The summed E-state index contributed by atoms with van der Waals surface area (Å²) in [6.45, 7) is 0. The molecule has 2 aromatic heterocycles. The Hall–Kier alpha value is -9.44. The second-order valence-electron chi connectivity index (χ2n) is 18.4. The van der Waals surface area contributed by atoms with Gasteiger partial charge < -0.3 is 4.57 Å². The maximum atomic E-state index is 5.37. The van der Waals surface area contributed by atoms with Gasteiger partial charge in [0.1, 0.15) is 0 Å². The molecule has 12 aromatic carbocycles. The third kappa shape index (κ3) is 6.66. The van der Waals surface area contributed by atoms with Crippen LogP contribution in [0.4, 0.5) is 0 Å². The summed E-state index contributed by atoms with van der Waals surface area (Å²) in [7, 11) is 0. The minimum absolute atomic E-state index is 0.684. The van der Waals surface area contributed by atoms with Gasteiger partial charge in [0, 0.05) is 27.5 Å². The molecule has 0 N–H and O–H groups in total. The summed E-state index contributed by atoms with van der Waals surface area (Å²) in [6.07, 6.45) is 0. The summed E-state index contributed by atoms with van der Waals surface area (Å²) < 4.78 is 2.38. The second kappa shape index (κ2) is 16.7. The highest BCUT2D eigenvalue weighted by Gasteiger charge is 2.21. The van der Waals surface area contributed by atoms with Crippen molar-refractivity contribution in [3.8, 4) is 73.0 Å². The number of benzene rings is 12.